The Hall–Kier alpha value is -5.71. The number of halogens is 2. The first-order chi connectivity index (χ1) is 23.2. The maximum atomic E-state index is 14.7. The fraction of sp³-hybridized carbons (Fsp3) is 0.0270. The van der Waals surface area contributed by atoms with Gasteiger partial charge in [0.1, 0.15) is 16.8 Å². The van der Waals surface area contributed by atoms with Gasteiger partial charge in [0.2, 0.25) is 5.91 Å². The van der Waals surface area contributed by atoms with Crippen molar-refractivity contribution in [3.05, 3.63) is 166 Å². The molecule has 4 amide bonds. The van der Waals surface area contributed by atoms with E-state index in [2.05, 4.69) is 16.0 Å². The molecular weight excluding hydrogens is 651 g/mol. The number of para-hydroxylation sites is 1. The lowest BCUT2D eigenvalue weighted by Crippen LogP contribution is -2.30. The fourth-order valence-electron chi connectivity index (χ4n) is 4.62. The summed E-state index contributed by atoms with van der Waals surface area (Å²) in [6.45, 7) is 0. The molecule has 48 heavy (non-hydrogen) atoms. The molecule has 0 heterocycles. The Kier molecular flexibility index (Phi) is 11.0. The number of nitrogens with one attached hydrogen (secondary N) is 3. The van der Waals surface area contributed by atoms with Crippen LogP contribution in [0.15, 0.2) is 138 Å². The number of carbonyl (C=O) groups is 4. The van der Waals surface area contributed by atoms with Crippen molar-refractivity contribution < 1.29 is 23.6 Å². The zero-order chi connectivity index (χ0) is 34.0. The maximum Gasteiger partial charge on any atom is 0.272 e. The molecule has 0 aromatic heterocycles. The van der Waals surface area contributed by atoms with Crippen molar-refractivity contribution in [2.24, 2.45) is 5.73 Å². The van der Waals surface area contributed by atoms with Crippen molar-refractivity contribution in [2.75, 3.05) is 10.6 Å². The second-order valence-electron chi connectivity index (χ2n) is 10.3. The quantitative estimate of drug-likeness (QED) is 0.0851. The lowest BCUT2D eigenvalue weighted by Gasteiger charge is -2.18. The van der Waals surface area contributed by atoms with Crippen molar-refractivity contribution in [3.63, 3.8) is 0 Å². The molecule has 11 heteroatoms. The lowest BCUT2D eigenvalue weighted by molar-refractivity contribution is -0.116. The van der Waals surface area contributed by atoms with Crippen LogP contribution in [0.25, 0.3) is 6.08 Å². The van der Waals surface area contributed by atoms with Crippen LogP contribution in [0.3, 0.4) is 0 Å². The molecule has 0 radical (unpaired) electrons. The van der Waals surface area contributed by atoms with Gasteiger partial charge in [-0.1, -0.05) is 84.4 Å². The Bertz CT molecular complexity index is 1990. The molecule has 0 aliphatic rings. The van der Waals surface area contributed by atoms with Crippen molar-refractivity contribution in [1.29, 1.82) is 0 Å². The molecule has 0 fully saturated rings. The summed E-state index contributed by atoms with van der Waals surface area (Å²) in [5.74, 6) is -3.07. The van der Waals surface area contributed by atoms with Gasteiger partial charge in [0.05, 0.1) is 16.3 Å². The van der Waals surface area contributed by atoms with E-state index in [9.17, 15) is 23.6 Å². The number of benzene rings is 5. The first-order valence-corrected chi connectivity index (χ1v) is 15.8. The van der Waals surface area contributed by atoms with E-state index < -0.39 is 34.7 Å². The summed E-state index contributed by atoms with van der Waals surface area (Å²) in [7, 11) is 0. The van der Waals surface area contributed by atoms with Gasteiger partial charge in [0.15, 0.2) is 0 Å². The van der Waals surface area contributed by atoms with E-state index in [1.165, 1.54) is 42.1 Å². The average Bonchev–Trinajstić information content (AvgIpc) is 3.09. The molecule has 0 saturated heterocycles. The Morgan fingerprint density at radius 3 is 2.15 bits per heavy atom. The van der Waals surface area contributed by atoms with Gasteiger partial charge in [-0.05, 0) is 66.2 Å². The van der Waals surface area contributed by atoms with E-state index in [0.29, 0.717) is 16.1 Å². The van der Waals surface area contributed by atoms with Crippen LogP contribution in [-0.4, -0.2) is 23.6 Å². The van der Waals surface area contributed by atoms with Gasteiger partial charge in [-0.2, -0.15) is 0 Å². The first kappa shape index (κ1) is 33.6. The van der Waals surface area contributed by atoms with E-state index in [4.69, 9.17) is 17.3 Å². The molecule has 5 N–H and O–H groups in total. The standard InChI is InChI=1S/C37H28ClFN4O4S/c38-29-18-10-19-30(39)28(29)22-32(43-35(45)24-13-5-2-6-14-24)36(46)41-25-15-9-16-26(21-25)48-33(23-11-3-1-4-12-23)37(47)42-31-20-8-7-17-27(31)34(40)44/h1-22,33H,(H2,40,44)(H,41,46)(H,42,47)(H,43,45)/b32-22+. The monoisotopic (exact) mass is 678 g/mol. The summed E-state index contributed by atoms with van der Waals surface area (Å²) < 4.78 is 14.7. The number of thioether (sulfide) groups is 1. The molecule has 5 rings (SSSR count). The van der Waals surface area contributed by atoms with Crippen molar-refractivity contribution in [2.45, 2.75) is 10.1 Å². The number of anilines is 2. The van der Waals surface area contributed by atoms with Gasteiger partial charge < -0.3 is 21.7 Å². The number of hydrogen-bond donors (Lipinski definition) is 4. The van der Waals surface area contributed by atoms with Crippen LogP contribution < -0.4 is 21.7 Å². The smallest absolute Gasteiger partial charge is 0.272 e. The summed E-state index contributed by atoms with van der Waals surface area (Å²) in [5.41, 5.74) is 6.98. The normalized spacial score (nSPS) is 11.7. The minimum absolute atomic E-state index is 0.0522. The van der Waals surface area contributed by atoms with Crippen LogP contribution in [0.5, 0.6) is 0 Å². The topological polar surface area (TPSA) is 130 Å². The number of hydrogen-bond acceptors (Lipinski definition) is 5. The third-order valence-electron chi connectivity index (χ3n) is 6.95. The zero-order valence-corrected chi connectivity index (χ0v) is 26.7. The summed E-state index contributed by atoms with van der Waals surface area (Å²) in [5, 5.41) is 7.42. The van der Waals surface area contributed by atoms with Crippen LogP contribution in [-0.2, 0) is 9.59 Å². The van der Waals surface area contributed by atoms with Crippen molar-refractivity contribution >= 4 is 64.4 Å². The van der Waals surface area contributed by atoms with Gasteiger partial charge in [-0.25, -0.2) is 4.39 Å². The predicted octanol–water partition coefficient (Wildman–Crippen LogP) is 7.46. The minimum Gasteiger partial charge on any atom is -0.366 e. The van der Waals surface area contributed by atoms with Gasteiger partial charge in [-0.15, -0.1) is 11.8 Å². The molecule has 240 valence electrons. The van der Waals surface area contributed by atoms with Crippen molar-refractivity contribution in [3.8, 4) is 0 Å². The minimum atomic E-state index is -0.762. The predicted molar refractivity (Wildman–Crippen MR) is 187 cm³/mol. The molecule has 1 atom stereocenters. The summed E-state index contributed by atoms with van der Waals surface area (Å²) in [4.78, 5) is 52.8. The van der Waals surface area contributed by atoms with E-state index in [1.807, 2.05) is 30.3 Å². The highest BCUT2D eigenvalue weighted by atomic mass is 35.5. The Labute approximate surface area is 285 Å². The van der Waals surface area contributed by atoms with Gasteiger partial charge in [0.25, 0.3) is 17.7 Å². The molecule has 5 aromatic carbocycles. The third-order valence-corrected chi connectivity index (χ3v) is 8.53. The van der Waals surface area contributed by atoms with Crippen molar-refractivity contribution in [1.82, 2.24) is 5.32 Å². The number of amides is 4. The second kappa shape index (κ2) is 15.7. The molecule has 0 bridgehead atoms. The Morgan fingerprint density at radius 1 is 0.771 bits per heavy atom. The van der Waals surface area contributed by atoms with Crippen LogP contribution in [0, 0.1) is 5.82 Å². The molecule has 0 aliphatic heterocycles. The highest BCUT2D eigenvalue weighted by Gasteiger charge is 2.24. The molecule has 5 aromatic rings. The Morgan fingerprint density at radius 2 is 1.44 bits per heavy atom. The van der Waals surface area contributed by atoms with E-state index in [1.54, 1.807) is 72.8 Å². The Balaban J connectivity index is 1.41. The van der Waals surface area contributed by atoms with Crippen LogP contribution in [0.4, 0.5) is 15.8 Å². The SMILES string of the molecule is NC(=O)c1ccccc1NC(=O)C(Sc1cccc(NC(=O)/C(=C\c2c(F)cccc2Cl)NC(=O)c2ccccc2)c1)c1ccccc1. The highest BCUT2D eigenvalue weighted by molar-refractivity contribution is 8.00. The van der Waals surface area contributed by atoms with Crippen LogP contribution in [0.2, 0.25) is 5.02 Å². The maximum absolute atomic E-state index is 14.7. The third kappa shape index (κ3) is 8.55. The molecule has 8 nitrogen and oxygen atoms in total. The van der Waals surface area contributed by atoms with Gasteiger partial charge >= 0.3 is 0 Å². The molecular formula is C37H28ClFN4O4S. The largest absolute Gasteiger partial charge is 0.366 e. The zero-order valence-electron chi connectivity index (χ0n) is 25.2. The van der Waals surface area contributed by atoms with Gasteiger partial charge in [0, 0.05) is 21.7 Å². The average molecular weight is 679 g/mol. The second-order valence-corrected chi connectivity index (χ2v) is 11.9. The van der Waals surface area contributed by atoms with E-state index >= 15 is 0 Å². The van der Waals surface area contributed by atoms with Crippen LogP contribution in [0.1, 0.15) is 37.1 Å². The summed E-state index contributed by atoms with van der Waals surface area (Å²) in [6.07, 6.45) is 1.17. The number of nitrogens with two attached hydrogens (primary N) is 1. The van der Waals surface area contributed by atoms with Gasteiger partial charge in [-0.3, -0.25) is 19.2 Å². The highest BCUT2D eigenvalue weighted by Crippen LogP contribution is 2.37. The molecule has 0 aliphatic carbocycles. The van der Waals surface area contributed by atoms with E-state index in [0.717, 1.165) is 0 Å². The van der Waals surface area contributed by atoms with E-state index in [-0.39, 0.29) is 33.1 Å². The summed E-state index contributed by atoms with van der Waals surface area (Å²) in [6, 6.07) is 34.6. The van der Waals surface area contributed by atoms with Crippen LogP contribution >= 0.6 is 23.4 Å². The lowest BCUT2D eigenvalue weighted by atomic mass is 10.1. The molecule has 1 unspecified atom stereocenters. The number of carbonyl (C=O) groups excluding carboxylic acids is 4. The molecule has 0 spiro atoms. The summed E-state index contributed by atoms with van der Waals surface area (Å²) >= 11 is 7.44. The fourth-order valence-corrected chi connectivity index (χ4v) is 5.92. The first-order valence-electron chi connectivity index (χ1n) is 14.5. The molecule has 0 saturated carbocycles. The number of rotatable bonds is 11. The number of primary amides is 1.